The molecule has 2 aromatic rings. The average Bonchev–Trinajstić information content (AvgIpc) is 2.81. The van der Waals surface area contributed by atoms with Gasteiger partial charge < -0.3 is 0 Å². The summed E-state index contributed by atoms with van der Waals surface area (Å²) in [7, 11) is 0. The largest absolute Gasteiger partial charge is 0.268 e. The zero-order valence-electron chi connectivity index (χ0n) is 8.75. The molecule has 2 rings (SSSR count). The van der Waals surface area contributed by atoms with Crippen LogP contribution in [0.5, 0.6) is 0 Å². The summed E-state index contributed by atoms with van der Waals surface area (Å²) in [5, 5.41) is 7.72. The van der Waals surface area contributed by atoms with Crippen molar-refractivity contribution in [2.75, 3.05) is 5.43 Å². The van der Waals surface area contributed by atoms with Gasteiger partial charge in [-0.2, -0.15) is 0 Å². The number of hydrogen-bond donors (Lipinski definition) is 1. The second-order valence-electron chi connectivity index (χ2n) is 3.20. The lowest BCUT2D eigenvalue weighted by Gasteiger charge is -2.00. The molecule has 1 heterocycles. The Morgan fingerprint density at radius 1 is 1.29 bits per heavy atom. The average molecular weight is 249 g/mol. The third kappa shape index (κ3) is 3.15. The fourth-order valence-corrected chi connectivity index (χ4v) is 1.40. The highest BCUT2D eigenvalue weighted by Gasteiger charge is 1.98. The lowest BCUT2D eigenvalue weighted by Crippen LogP contribution is -2.18. The third-order valence-electron chi connectivity index (χ3n) is 1.98. The highest BCUT2D eigenvalue weighted by atomic mass is 35.5. The molecule has 6 heteroatoms. The zero-order chi connectivity index (χ0) is 12.1. The molecule has 0 fully saturated rings. The second-order valence-corrected chi connectivity index (χ2v) is 3.61. The number of aromatic nitrogens is 3. The molecule has 1 amide bonds. The summed E-state index contributed by atoms with van der Waals surface area (Å²) in [6, 6.07) is 7.27. The van der Waals surface area contributed by atoms with Gasteiger partial charge in [0, 0.05) is 11.1 Å². The molecule has 0 saturated heterocycles. The van der Waals surface area contributed by atoms with E-state index in [-0.39, 0.29) is 5.91 Å². The molecule has 0 aliphatic heterocycles. The topological polar surface area (TPSA) is 59.8 Å². The molecular formula is C11H9ClN4O. The Morgan fingerprint density at radius 3 is 2.71 bits per heavy atom. The van der Waals surface area contributed by atoms with Gasteiger partial charge in [-0.25, -0.2) is 4.68 Å². The number of nitrogens with zero attached hydrogens (tertiary/aromatic N) is 3. The van der Waals surface area contributed by atoms with Crippen molar-refractivity contribution in [1.29, 1.82) is 0 Å². The molecule has 0 spiro atoms. The maximum Gasteiger partial charge on any atom is 0.262 e. The molecule has 17 heavy (non-hydrogen) atoms. The summed E-state index contributed by atoms with van der Waals surface area (Å²) in [6.45, 7) is 0. The molecule has 0 radical (unpaired) electrons. The highest BCUT2D eigenvalue weighted by Crippen LogP contribution is 2.15. The van der Waals surface area contributed by atoms with Gasteiger partial charge in [0.2, 0.25) is 0 Å². The first kappa shape index (κ1) is 11.3. The number of benzene rings is 1. The molecule has 0 aliphatic rings. The Bertz CT molecular complexity index is 536. The van der Waals surface area contributed by atoms with Crippen LogP contribution < -0.4 is 5.43 Å². The van der Waals surface area contributed by atoms with E-state index in [1.165, 1.54) is 23.4 Å². The third-order valence-corrected chi connectivity index (χ3v) is 2.32. The predicted molar refractivity (Wildman–Crippen MR) is 64.9 cm³/mol. The van der Waals surface area contributed by atoms with Gasteiger partial charge in [0.25, 0.3) is 5.91 Å². The van der Waals surface area contributed by atoms with Crippen molar-refractivity contribution in [2.24, 2.45) is 0 Å². The van der Waals surface area contributed by atoms with Crippen molar-refractivity contribution in [1.82, 2.24) is 14.9 Å². The maximum atomic E-state index is 11.5. The molecule has 5 nitrogen and oxygen atoms in total. The van der Waals surface area contributed by atoms with Crippen LogP contribution in [0.3, 0.4) is 0 Å². The van der Waals surface area contributed by atoms with E-state index in [9.17, 15) is 4.79 Å². The molecule has 86 valence electrons. The summed E-state index contributed by atoms with van der Waals surface area (Å²) < 4.78 is 1.36. The standard InChI is InChI=1S/C11H9ClN4O/c12-10-4-2-1-3-9(10)5-6-11(17)15-16-7-13-14-8-16/h1-8H,(H,15,17). The number of nitrogens with one attached hydrogen (secondary N) is 1. The molecule has 0 saturated carbocycles. The van der Waals surface area contributed by atoms with Crippen LogP contribution in [0.2, 0.25) is 5.02 Å². The van der Waals surface area contributed by atoms with Gasteiger partial charge in [0.15, 0.2) is 0 Å². The minimum Gasteiger partial charge on any atom is -0.268 e. The Morgan fingerprint density at radius 2 is 2.00 bits per heavy atom. The minimum atomic E-state index is -0.287. The zero-order valence-corrected chi connectivity index (χ0v) is 9.50. The van der Waals surface area contributed by atoms with Crippen LogP contribution >= 0.6 is 11.6 Å². The second kappa shape index (κ2) is 5.27. The predicted octanol–water partition coefficient (Wildman–Crippen LogP) is 1.71. The van der Waals surface area contributed by atoms with E-state index < -0.39 is 0 Å². The SMILES string of the molecule is O=C(C=Cc1ccccc1Cl)Nn1cnnc1. The van der Waals surface area contributed by atoms with E-state index in [2.05, 4.69) is 15.6 Å². The summed E-state index contributed by atoms with van der Waals surface area (Å²) in [5.74, 6) is -0.287. The van der Waals surface area contributed by atoms with Gasteiger partial charge >= 0.3 is 0 Å². The van der Waals surface area contributed by atoms with Gasteiger partial charge in [-0.15, -0.1) is 10.2 Å². The summed E-state index contributed by atoms with van der Waals surface area (Å²) >= 11 is 5.94. The Hall–Kier alpha value is -2.14. The van der Waals surface area contributed by atoms with Crippen molar-refractivity contribution >= 4 is 23.6 Å². The van der Waals surface area contributed by atoms with Crippen molar-refractivity contribution < 1.29 is 4.79 Å². The summed E-state index contributed by atoms with van der Waals surface area (Å²) in [6.07, 6.45) is 5.81. The van der Waals surface area contributed by atoms with E-state index in [1.54, 1.807) is 12.1 Å². The van der Waals surface area contributed by atoms with E-state index in [0.717, 1.165) is 5.56 Å². The molecule has 0 unspecified atom stereocenters. The number of hydrogen-bond acceptors (Lipinski definition) is 3. The molecule has 0 atom stereocenters. The van der Waals surface area contributed by atoms with Crippen molar-refractivity contribution in [2.45, 2.75) is 0 Å². The van der Waals surface area contributed by atoms with Crippen LogP contribution in [-0.2, 0) is 4.79 Å². The first-order chi connectivity index (χ1) is 8.25. The maximum absolute atomic E-state index is 11.5. The fraction of sp³-hybridized carbons (Fsp3) is 0. The lowest BCUT2D eigenvalue weighted by molar-refractivity contribution is -0.112. The van der Waals surface area contributed by atoms with Crippen molar-refractivity contribution in [3.63, 3.8) is 0 Å². The summed E-state index contributed by atoms with van der Waals surface area (Å²) in [4.78, 5) is 11.5. The van der Waals surface area contributed by atoms with E-state index in [4.69, 9.17) is 11.6 Å². The highest BCUT2D eigenvalue weighted by molar-refractivity contribution is 6.32. The van der Waals surface area contributed by atoms with Crippen LogP contribution in [0.15, 0.2) is 43.0 Å². The number of carbonyl (C=O) groups is 1. The van der Waals surface area contributed by atoms with Crippen LogP contribution in [0.25, 0.3) is 6.08 Å². The smallest absolute Gasteiger partial charge is 0.262 e. The van der Waals surface area contributed by atoms with E-state index >= 15 is 0 Å². The molecule has 1 aromatic carbocycles. The van der Waals surface area contributed by atoms with Crippen LogP contribution in [0.1, 0.15) is 5.56 Å². The number of amides is 1. The number of carbonyl (C=O) groups excluding carboxylic acids is 1. The van der Waals surface area contributed by atoms with Gasteiger partial charge in [-0.05, 0) is 17.7 Å². The first-order valence-corrected chi connectivity index (χ1v) is 5.22. The van der Waals surface area contributed by atoms with E-state index in [0.29, 0.717) is 5.02 Å². The number of rotatable bonds is 3. The quantitative estimate of drug-likeness (QED) is 0.842. The normalized spacial score (nSPS) is 10.6. The summed E-state index contributed by atoms with van der Waals surface area (Å²) in [5.41, 5.74) is 3.32. The first-order valence-electron chi connectivity index (χ1n) is 4.84. The lowest BCUT2D eigenvalue weighted by atomic mass is 10.2. The molecular weight excluding hydrogens is 240 g/mol. The monoisotopic (exact) mass is 248 g/mol. The van der Waals surface area contributed by atoms with Gasteiger partial charge in [0.1, 0.15) is 12.7 Å². The van der Waals surface area contributed by atoms with Gasteiger partial charge in [-0.3, -0.25) is 10.2 Å². The molecule has 0 bridgehead atoms. The van der Waals surface area contributed by atoms with E-state index in [1.807, 2.05) is 18.2 Å². The molecule has 1 N–H and O–H groups in total. The Labute approximate surface area is 103 Å². The van der Waals surface area contributed by atoms with Crippen molar-refractivity contribution in [3.8, 4) is 0 Å². The van der Waals surface area contributed by atoms with Crippen LogP contribution in [0, 0.1) is 0 Å². The van der Waals surface area contributed by atoms with Gasteiger partial charge in [-0.1, -0.05) is 29.8 Å². The molecule has 1 aromatic heterocycles. The minimum absolute atomic E-state index is 0.287. The Balaban J connectivity index is 2.01. The molecule has 0 aliphatic carbocycles. The Kier molecular flexibility index (Phi) is 3.52. The van der Waals surface area contributed by atoms with Crippen molar-refractivity contribution in [3.05, 3.63) is 53.6 Å². The van der Waals surface area contributed by atoms with Crippen LogP contribution in [0.4, 0.5) is 0 Å². The van der Waals surface area contributed by atoms with Gasteiger partial charge in [0.05, 0.1) is 0 Å². The number of halogens is 1. The fourth-order valence-electron chi connectivity index (χ4n) is 1.20. The van der Waals surface area contributed by atoms with Crippen LogP contribution in [-0.4, -0.2) is 20.8 Å².